The molecule has 0 aliphatic heterocycles. The van der Waals surface area contributed by atoms with Crippen molar-refractivity contribution in [3.05, 3.63) is 53.6 Å². The third kappa shape index (κ3) is 6.63. The molecule has 0 saturated carbocycles. The van der Waals surface area contributed by atoms with E-state index >= 15 is 0 Å². The average Bonchev–Trinajstić information content (AvgIpc) is 2.57. The number of nitrogens with zero attached hydrogens (tertiary/aromatic N) is 2. The van der Waals surface area contributed by atoms with Gasteiger partial charge < -0.3 is 20.4 Å². The van der Waals surface area contributed by atoms with Gasteiger partial charge in [0.15, 0.2) is 0 Å². The number of hydrogen-bond donors (Lipinski definition) is 2. The van der Waals surface area contributed by atoms with Crippen LogP contribution in [-0.2, 0) is 10.1 Å². The molecule has 0 bridgehead atoms. The summed E-state index contributed by atoms with van der Waals surface area (Å²) in [6, 6.07) is 11.4. The van der Waals surface area contributed by atoms with Crippen LogP contribution in [0.2, 0.25) is 0 Å². The van der Waals surface area contributed by atoms with Gasteiger partial charge in [-0.05, 0) is 49.2 Å². The number of ether oxygens (including phenoxy) is 1. The molecule has 0 atom stereocenters. The molecule has 4 N–H and O–H groups in total. The Labute approximate surface area is 158 Å². The van der Waals surface area contributed by atoms with Crippen molar-refractivity contribution in [2.75, 3.05) is 6.61 Å². The van der Waals surface area contributed by atoms with E-state index in [1.165, 1.54) is 18.3 Å². The largest absolute Gasteiger partial charge is 0.493 e. The Morgan fingerprint density at radius 3 is 2.52 bits per heavy atom. The van der Waals surface area contributed by atoms with Gasteiger partial charge in [0, 0.05) is 18.7 Å². The lowest BCUT2D eigenvalue weighted by Gasteiger charge is -2.11. The van der Waals surface area contributed by atoms with Gasteiger partial charge in [0.1, 0.15) is 16.4 Å². The predicted molar refractivity (Wildman–Crippen MR) is 105 cm³/mol. The summed E-state index contributed by atoms with van der Waals surface area (Å²) in [4.78, 5) is 0.0995. The van der Waals surface area contributed by atoms with E-state index in [9.17, 15) is 8.42 Å². The Balaban J connectivity index is 2.06. The molecule has 0 amide bonds. The smallest absolute Gasteiger partial charge is 0.339 e. The molecule has 144 valence electrons. The van der Waals surface area contributed by atoms with Gasteiger partial charge in [0.25, 0.3) is 0 Å². The minimum atomic E-state index is -3.93. The standard InChI is InChI=1S/C18H22N4O4S/c1-13-5-3-6-17(11-13)27(23,24)26-16-10-14(2)9-15(12-16)25-8-4-7-21-22-18(19)20/h3,5-7,9-12H,4,8H2,1-2H3,(H4,19,20,22)/b21-7+. The van der Waals surface area contributed by atoms with E-state index in [0.717, 1.165) is 11.1 Å². The molecule has 0 aliphatic rings. The minimum Gasteiger partial charge on any atom is -0.493 e. The Morgan fingerprint density at radius 1 is 1.07 bits per heavy atom. The van der Waals surface area contributed by atoms with E-state index in [4.69, 9.17) is 20.4 Å². The fourth-order valence-electron chi connectivity index (χ4n) is 2.19. The third-order valence-electron chi connectivity index (χ3n) is 3.28. The highest BCUT2D eigenvalue weighted by Crippen LogP contribution is 2.26. The van der Waals surface area contributed by atoms with Gasteiger partial charge in [-0.1, -0.05) is 12.1 Å². The molecule has 8 nitrogen and oxygen atoms in total. The number of aryl methyl sites for hydroxylation is 2. The van der Waals surface area contributed by atoms with Crippen molar-refractivity contribution in [3.8, 4) is 11.5 Å². The highest BCUT2D eigenvalue weighted by Gasteiger charge is 2.17. The van der Waals surface area contributed by atoms with Gasteiger partial charge in [0.2, 0.25) is 5.96 Å². The number of nitrogens with two attached hydrogens (primary N) is 2. The zero-order valence-corrected chi connectivity index (χ0v) is 15.9. The van der Waals surface area contributed by atoms with Crippen molar-refractivity contribution in [2.45, 2.75) is 25.2 Å². The van der Waals surface area contributed by atoms with E-state index < -0.39 is 10.1 Å². The summed E-state index contributed by atoms with van der Waals surface area (Å²) < 4.78 is 35.8. The van der Waals surface area contributed by atoms with Crippen molar-refractivity contribution in [2.24, 2.45) is 21.7 Å². The molecule has 27 heavy (non-hydrogen) atoms. The molecule has 2 rings (SSSR count). The summed E-state index contributed by atoms with van der Waals surface area (Å²) in [5, 5.41) is 7.13. The molecular formula is C18H22N4O4S. The minimum absolute atomic E-state index is 0.0995. The fraction of sp³-hybridized carbons (Fsp3) is 0.222. The quantitative estimate of drug-likeness (QED) is 0.233. The maximum Gasteiger partial charge on any atom is 0.339 e. The summed E-state index contributed by atoms with van der Waals surface area (Å²) in [7, 11) is -3.93. The second kappa shape index (κ2) is 9.04. The van der Waals surface area contributed by atoms with Crippen molar-refractivity contribution < 1.29 is 17.3 Å². The Morgan fingerprint density at radius 2 is 1.81 bits per heavy atom. The lowest BCUT2D eigenvalue weighted by atomic mass is 10.2. The van der Waals surface area contributed by atoms with Gasteiger partial charge in [-0.3, -0.25) is 0 Å². The molecule has 0 aliphatic carbocycles. The lowest BCUT2D eigenvalue weighted by Crippen LogP contribution is -2.21. The molecule has 0 fully saturated rings. The SMILES string of the molecule is Cc1cc(OCC/C=N/N=C(N)N)cc(OS(=O)(=O)c2cccc(C)c2)c1. The third-order valence-corrected chi connectivity index (χ3v) is 4.52. The number of hydrogen-bond acceptors (Lipinski definition) is 6. The second-order valence-corrected chi connectivity index (χ2v) is 7.34. The molecule has 9 heteroatoms. The van der Waals surface area contributed by atoms with Crippen LogP contribution in [0.15, 0.2) is 57.6 Å². The first-order valence-corrected chi connectivity index (χ1v) is 9.53. The predicted octanol–water partition coefficient (Wildman–Crippen LogP) is 2.10. The van der Waals surface area contributed by atoms with Gasteiger partial charge in [-0.25, -0.2) is 0 Å². The van der Waals surface area contributed by atoms with Crippen LogP contribution in [0.1, 0.15) is 17.5 Å². The Hall–Kier alpha value is -3.07. The van der Waals surface area contributed by atoms with E-state index in [1.807, 2.05) is 19.9 Å². The Bertz CT molecular complexity index is 952. The van der Waals surface area contributed by atoms with Crippen molar-refractivity contribution in [1.29, 1.82) is 0 Å². The van der Waals surface area contributed by atoms with Crippen LogP contribution in [0.4, 0.5) is 0 Å². The topological polar surface area (TPSA) is 129 Å². The van der Waals surface area contributed by atoms with Crippen LogP contribution in [0.25, 0.3) is 0 Å². The molecule has 0 unspecified atom stereocenters. The first-order chi connectivity index (χ1) is 12.8. The maximum absolute atomic E-state index is 12.5. The second-order valence-electron chi connectivity index (χ2n) is 5.80. The van der Waals surface area contributed by atoms with E-state index in [0.29, 0.717) is 18.8 Å². The highest BCUT2D eigenvalue weighted by atomic mass is 32.2. The van der Waals surface area contributed by atoms with Crippen LogP contribution >= 0.6 is 0 Å². The maximum atomic E-state index is 12.5. The van der Waals surface area contributed by atoms with Crippen LogP contribution in [-0.4, -0.2) is 27.2 Å². The first kappa shape index (κ1) is 20.2. The summed E-state index contributed by atoms with van der Waals surface area (Å²) >= 11 is 0. The zero-order valence-electron chi connectivity index (χ0n) is 15.1. The number of guanidine groups is 1. The van der Waals surface area contributed by atoms with E-state index in [1.54, 1.807) is 24.3 Å². The molecule has 2 aromatic carbocycles. The van der Waals surface area contributed by atoms with Crippen LogP contribution in [0.3, 0.4) is 0 Å². The summed E-state index contributed by atoms with van der Waals surface area (Å²) in [6.07, 6.45) is 1.98. The summed E-state index contributed by atoms with van der Waals surface area (Å²) in [5.74, 6) is 0.544. The summed E-state index contributed by atoms with van der Waals surface area (Å²) in [5.41, 5.74) is 11.9. The molecular weight excluding hydrogens is 368 g/mol. The summed E-state index contributed by atoms with van der Waals surface area (Å²) in [6.45, 7) is 3.95. The van der Waals surface area contributed by atoms with Crippen molar-refractivity contribution in [1.82, 2.24) is 0 Å². The average molecular weight is 390 g/mol. The Kier molecular flexibility index (Phi) is 6.78. The van der Waals surface area contributed by atoms with Gasteiger partial charge in [0.05, 0.1) is 6.61 Å². The fourth-order valence-corrected chi connectivity index (χ4v) is 3.21. The molecule has 0 aromatic heterocycles. The normalized spacial score (nSPS) is 11.3. The van der Waals surface area contributed by atoms with Gasteiger partial charge in [-0.15, -0.1) is 5.10 Å². The highest BCUT2D eigenvalue weighted by molar-refractivity contribution is 7.87. The van der Waals surface area contributed by atoms with Crippen LogP contribution in [0, 0.1) is 13.8 Å². The molecule has 2 aromatic rings. The molecule has 0 radical (unpaired) electrons. The van der Waals surface area contributed by atoms with E-state index in [-0.39, 0.29) is 16.6 Å². The van der Waals surface area contributed by atoms with E-state index in [2.05, 4.69) is 10.2 Å². The van der Waals surface area contributed by atoms with Crippen molar-refractivity contribution in [3.63, 3.8) is 0 Å². The zero-order chi connectivity index (χ0) is 19.9. The van der Waals surface area contributed by atoms with Crippen molar-refractivity contribution >= 4 is 22.3 Å². The number of rotatable bonds is 8. The van der Waals surface area contributed by atoms with Gasteiger partial charge in [-0.2, -0.15) is 13.5 Å². The number of benzene rings is 2. The lowest BCUT2D eigenvalue weighted by molar-refractivity contribution is 0.329. The molecule has 0 spiro atoms. The van der Waals surface area contributed by atoms with Gasteiger partial charge >= 0.3 is 10.1 Å². The van der Waals surface area contributed by atoms with Crippen LogP contribution < -0.4 is 20.4 Å². The first-order valence-electron chi connectivity index (χ1n) is 8.12. The monoisotopic (exact) mass is 390 g/mol. The molecule has 0 heterocycles. The van der Waals surface area contributed by atoms with Crippen LogP contribution in [0.5, 0.6) is 11.5 Å². The molecule has 0 saturated heterocycles.